The molecule has 1 atom stereocenters. The standard InChI is InChI=1S/C16H18BrN3O/c1-3-4-5-15(21)19-11(2)16-18-10-14(20-16)12-6-8-13(17)9-7-12/h3,6-11H,1,4-5H2,2H3,(H,18,20)(H,19,21)/t11-/m0/s1. The highest BCUT2D eigenvalue weighted by Gasteiger charge is 2.12. The molecule has 0 radical (unpaired) electrons. The zero-order chi connectivity index (χ0) is 15.2. The number of benzene rings is 1. The summed E-state index contributed by atoms with van der Waals surface area (Å²) in [4.78, 5) is 19.3. The normalized spacial score (nSPS) is 11.9. The van der Waals surface area contributed by atoms with Gasteiger partial charge in [-0.15, -0.1) is 6.58 Å². The maximum atomic E-state index is 11.7. The second-order valence-corrected chi connectivity index (χ2v) is 5.72. The van der Waals surface area contributed by atoms with Gasteiger partial charge in [-0.1, -0.05) is 34.1 Å². The molecule has 0 bridgehead atoms. The fraction of sp³-hybridized carbons (Fsp3) is 0.250. The summed E-state index contributed by atoms with van der Waals surface area (Å²) in [6, 6.07) is 7.84. The van der Waals surface area contributed by atoms with E-state index in [0.717, 1.165) is 21.6 Å². The van der Waals surface area contributed by atoms with Crippen LogP contribution in [0.4, 0.5) is 0 Å². The van der Waals surface area contributed by atoms with Crippen LogP contribution in [0.15, 0.2) is 47.6 Å². The summed E-state index contributed by atoms with van der Waals surface area (Å²) in [5.74, 6) is 0.754. The van der Waals surface area contributed by atoms with Gasteiger partial charge in [0.25, 0.3) is 0 Å². The summed E-state index contributed by atoms with van der Waals surface area (Å²) < 4.78 is 1.04. The van der Waals surface area contributed by atoms with Crippen LogP contribution in [-0.2, 0) is 4.79 Å². The first-order valence-corrected chi connectivity index (χ1v) is 7.60. The van der Waals surface area contributed by atoms with Gasteiger partial charge in [-0.05, 0) is 31.0 Å². The first-order chi connectivity index (χ1) is 10.1. The molecule has 2 N–H and O–H groups in total. The largest absolute Gasteiger partial charge is 0.346 e. The molecule has 1 amide bonds. The Kier molecular flexibility index (Phi) is 5.33. The molecule has 0 fully saturated rings. The Morgan fingerprint density at radius 3 is 2.86 bits per heavy atom. The molecule has 2 aromatic rings. The molecule has 5 heteroatoms. The number of carbonyl (C=O) groups excluding carboxylic acids is 1. The second-order valence-electron chi connectivity index (χ2n) is 4.81. The highest BCUT2D eigenvalue weighted by Crippen LogP contribution is 2.21. The summed E-state index contributed by atoms with van der Waals surface area (Å²) >= 11 is 3.41. The first kappa shape index (κ1) is 15.5. The van der Waals surface area contributed by atoms with E-state index in [2.05, 4.69) is 37.8 Å². The molecule has 0 saturated heterocycles. The third kappa shape index (κ3) is 4.29. The number of hydrogen-bond donors (Lipinski definition) is 2. The topological polar surface area (TPSA) is 57.8 Å². The minimum absolute atomic E-state index is 0.00370. The van der Waals surface area contributed by atoms with E-state index in [1.54, 1.807) is 12.3 Å². The van der Waals surface area contributed by atoms with E-state index < -0.39 is 0 Å². The van der Waals surface area contributed by atoms with Crippen molar-refractivity contribution in [2.75, 3.05) is 0 Å². The van der Waals surface area contributed by atoms with Gasteiger partial charge in [0, 0.05) is 10.9 Å². The van der Waals surface area contributed by atoms with E-state index >= 15 is 0 Å². The predicted octanol–water partition coefficient (Wildman–Crippen LogP) is 3.98. The van der Waals surface area contributed by atoms with Crippen LogP contribution in [0.1, 0.15) is 31.6 Å². The van der Waals surface area contributed by atoms with Crippen molar-refractivity contribution in [3.63, 3.8) is 0 Å². The van der Waals surface area contributed by atoms with E-state index in [1.165, 1.54) is 0 Å². The van der Waals surface area contributed by atoms with Gasteiger partial charge in [-0.2, -0.15) is 0 Å². The lowest BCUT2D eigenvalue weighted by molar-refractivity contribution is -0.121. The zero-order valence-electron chi connectivity index (χ0n) is 11.9. The summed E-state index contributed by atoms with van der Waals surface area (Å²) in [5, 5.41) is 2.92. The lowest BCUT2D eigenvalue weighted by Crippen LogP contribution is -2.26. The predicted molar refractivity (Wildman–Crippen MR) is 87.7 cm³/mol. The fourth-order valence-corrected chi connectivity index (χ4v) is 2.21. The Morgan fingerprint density at radius 2 is 2.19 bits per heavy atom. The Balaban J connectivity index is 2.03. The van der Waals surface area contributed by atoms with Gasteiger partial charge in [0.2, 0.25) is 5.91 Å². The monoisotopic (exact) mass is 347 g/mol. The van der Waals surface area contributed by atoms with Crippen molar-refractivity contribution in [3.8, 4) is 11.3 Å². The van der Waals surface area contributed by atoms with Crippen molar-refractivity contribution in [2.24, 2.45) is 0 Å². The van der Waals surface area contributed by atoms with Gasteiger partial charge in [0.05, 0.1) is 17.9 Å². The van der Waals surface area contributed by atoms with Crippen LogP contribution < -0.4 is 5.32 Å². The van der Waals surface area contributed by atoms with Gasteiger partial charge in [0.15, 0.2) is 0 Å². The number of aromatic nitrogens is 2. The van der Waals surface area contributed by atoms with Crippen LogP contribution in [0.2, 0.25) is 0 Å². The van der Waals surface area contributed by atoms with Gasteiger partial charge in [-0.25, -0.2) is 4.98 Å². The smallest absolute Gasteiger partial charge is 0.220 e. The van der Waals surface area contributed by atoms with Gasteiger partial charge in [-0.3, -0.25) is 4.79 Å². The molecule has 0 aliphatic heterocycles. The number of allylic oxidation sites excluding steroid dienone is 1. The molecular formula is C16H18BrN3O. The molecule has 110 valence electrons. The average molecular weight is 348 g/mol. The van der Waals surface area contributed by atoms with E-state index in [-0.39, 0.29) is 11.9 Å². The molecule has 0 aliphatic carbocycles. The number of nitrogens with one attached hydrogen (secondary N) is 2. The number of H-pyrrole nitrogens is 1. The molecular weight excluding hydrogens is 330 g/mol. The molecule has 21 heavy (non-hydrogen) atoms. The molecule has 0 aliphatic rings. The molecule has 2 rings (SSSR count). The number of halogens is 1. The van der Waals surface area contributed by atoms with Crippen LogP contribution in [0.25, 0.3) is 11.3 Å². The number of nitrogens with zero attached hydrogens (tertiary/aromatic N) is 1. The number of hydrogen-bond acceptors (Lipinski definition) is 2. The number of amides is 1. The molecule has 4 nitrogen and oxygen atoms in total. The summed E-state index contributed by atoms with van der Waals surface area (Å²) in [7, 11) is 0. The van der Waals surface area contributed by atoms with E-state index in [9.17, 15) is 4.79 Å². The van der Waals surface area contributed by atoms with E-state index in [1.807, 2.05) is 31.2 Å². The van der Waals surface area contributed by atoms with Crippen molar-refractivity contribution >= 4 is 21.8 Å². The zero-order valence-corrected chi connectivity index (χ0v) is 13.5. The van der Waals surface area contributed by atoms with Crippen LogP contribution in [-0.4, -0.2) is 15.9 Å². The number of aromatic amines is 1. The maximum Gasteiger partial charge on any atom is 0.220 e. The van der Waals surface area contributed by atoms with Crippen molar-refractivity contribution < 1.29 is 4.79 Å². The minimum Gasteiger partial charge on any atom is -0.346 e. The van der Waals surface area contributed by atoms with Crippen molar-refractivity contribution in [3.05, 3.63) is 53.4 Å². The Hall–Kier alpha value is -1.88. The number of rotatable bonds is 6. The van der Waals surface area contributed by atoms with Crippen molar-refractivity contribution in [1.29, 1.82) is 0 Å². The summed E-state index contributed by atoms with van der Waals surface area (Å²) in [6.07, 6.45) is 4.66. The molecule has 1 aromatic heterocycles. The highest BCUT2D eigenvalue weighted by atomic mass is 79.9. The quantitative estimate of drug-likeness (QED) is 0.776. The SMILES string of the molecule is C=CCCC(=O)N[C@@H](C)c1ncc(-c2ccc(Br)cc2)[nH]1. The van der Waals surface area contributed by atoms with Crippen LogP contribution >= 0.6 is 15.9 Å². The maximum absolute atomic E-state index is 11.7. The van der Waals surface area contributed by atoms with Gasteiger partial charge < -0.3 is 10.3 Å². The second kappa shape index (κ2) is 7.22. The molecule has 0 saturated carbocycles. The number of imidazole rings is 1. The summed E-state index contributed by atoms with van der Waals surface area (Å²) in [5.41, 5.74) is 1.99. The van der Waals surface area contributed by atoms with Gasteiger partial charge >= 0.3 is 0 Å². The minimum atomic E-state index is -0.147. The lowest BCUT2D eigenvalue weighted by atomic mass is 10.2. The fourth-order valence-electron chi connectivity index (χ4n) is 1.95. The Morgan fingerprint density at radius 1 is 1.48 bits per heavy atom. The molecule has 0 unspecified atom stereocenters. The summed E-state index contributed by atoms with van der Waals surface area (Å²) in [6.45, 7) is 5.52. The lowest BCUT2D eigenvalue weighted by Gasteiger charge is -2.11. The van der Waals surface area contributed by atoms with Crippen LogP contribution in [0.5, 0.6) is 0 Å². The number of carbonyl (C=O) groups is 1. The van der Waals surface area contributed by atoms with Crippen molar-refractivity contribution in [1.82, 2.24) is 15.3 Å². The van der Waals surface area contributed by atoms with Crippen LogP contribution in [0.3, 0.4) is 0 Å². The van der Waals surface area contributed by atoms with E-state index in [0.29, 0.717) is 12.8 Å². The molecule has 1 aromatic carbocycles. The first-order valence-electron chi connectivity index (χ1n) is 6.81. The Bertz CT molecular complexity index is 619. The average Bonchev–Trinajstić information content (AvgIpc) is 2.96. The highest BCUT2D eigenvalue weighted by molar-refractivity contribution is 9.10. The molecule has 0 spiro atoms. The third-order valence-electron chi connectivity index (χ3n) is 3.11. The Labute approximate surface area is 132 Å². The van der Waals surface area contributed by atoms with Gasteiger partial charge in [0.1, 0.15) is 5.82 Å². The molecule has 1 heterocycles. The van der Waals surface area contributed by atoms with Crippen molar-refractivity contribution in [2.45, 2.75) is 25.8 Å². The van der Waals surface area contributed by atoms with Crippen LogP contribution in [0, 0.1) is 0 Å². The van der Waals surface area contributed by atoms with E-state index in [4.69, 9.17) is 0 Å². The third-order valence-corrected chi connectivity index (χ3v) is 3.64.